The fourth-order valence-corrected chi connectivity index (χ4v) is 1.45. The smallest absolute Gasteiger partial charge is 0.265 e. The number of H-pyrrole nitrogens is 1. The maximum atomic E-state index is 11.4. The van der Waals surface area contributed by atoms with E-state index in [0.717, 1.165) is 5.56 Å². The molecule has 0 aliphatic heterocycles. The zero-order valence-electron chi connectivity index (χ0n) is 8.51. The maximum Gasteiger partial charge on any atom is 0.265 e. The highest BCUT2D eigenvalue weighted by atomic mass is 16.1. The molecule has 5 heteroatoms. The van der Waals surface area contributed by atoms with Crippen molar-refractivity contribution in [2.75, 3.05) is 5.73 Å². The van der Waals surface area contributed by atoms with Crippen molar-refractivity contribution in [3.63, 3.8) is 0 Å². The van der Waals surface area contributed by atoms with Gasteiger partial charge in [-0.3, -0.25) is 14.7 Å². The minimum atomic E-state index is -0.302. The van der Waals surface area contributed by atoms with E-state index < -0.39 is 0 Å². The SMILES string of the molecule is Nc1cccc(Cn2[nH]c(=O)ccc2=O)c1. The quantitative estimate of drug-likeness (QED) is 0.703. The minimum absolute atomic E-state index is 0.248. The molecule has 1 aromatic heterocycles. The van der Waals surface area contributed by atoms with E-state index in [2.05, 4.69) is 5.10 Å². The molecule has 0 spiro atoms. The van der Waals surface area contributed by atoms with Crippen LogP contribution in [0.15, 0.2) is 46.0 Å². The van der Waals surface area contributed by atoms with E-state index in [0.29, 0.717) is 12.2 Å². The van der Waals surface area contributed by atoms with Crippen molar-refractivity contribution in [3.05, 3.63) is 62.7 Å². The number of rotatable bonds is 2. The van der Waals surface area contributed by atoms with Crippen LogP contribution in [0.2, 0.25) is 0 Å². The number of hydrogen-bond acceptors (Lipinski definition) is 3. The molecule has 1 aromatic carbocycles. The largest absolute Gasteiger partial charge is 0.399 e. The molecule has 0 bridgehead atoms. The summed E-state index contributed by atoms with van der Waals surface area (Å²) in [6.07, 6.45) is 0. The van der Waals surface area contributed by atoms with Crippen molar-refractivity contribution in [1.29, 1.82) is 0 Å². The van der Waals surface area contributed by atoms with Crippen LogP contribution in [-0.4, -0.2) is 9.78 Å². The summed E-state index contributed by atoms with van der Waals surface area (Å²) in [6, 6.07) is 9.62. The van der Waals surface area contributed by atoms with Gasteiger partial charge in [-0.05, 0) is 17.7 Å². The standard InChI is InChI=1S/C11H11N3O2/c12-9-3-1-2-8(6-9)7-14-11(16)5-4-10(15)13-14/h1-6H,7,12H2,(H,13,15). The second-order valence-electron chi connectivity index (χ2n) is 3.48. The molecule has 0 saturated heterocycles. The highest BCUT2D eigenvalue weighted by Crippen LogP contribution is 2.06. The summed E-state index contributed by atoms with van der Waals surface area (Å²) < 4.78 is 1.25. The Morgan fingerprint density at radius 2 is 2.00 bits per heavy atom. The third-order valence-corrected chi connectivity index (χ3v) is 2.18. The molecule has 5 nitrogen and oxygen atoms in total. The van der Waals surface area contributed by atoms with Crippen molar-refractivity contribution >= 4 is 5.69 Å². The van der Waals surface area contributed by atoms with Crippen LogP contribution in [-0.2, 0) is 6.54 Å². The average Bonchev–Trinajstić information content (AvgIpc) is 2.24. The van der Waals surface area contributed by atoms with Crippen LogP contribution in [0.1, 0.15) is 5.56 Å². The molecule has 2 aromatic rings. The topological polar surface area (TPSA) is 80.9 Å². The Bertz CT molecular complexity index is 613. The number of benzene rings is 1. The number of anilines is 1. The Morgan fingerprint density at radius 1 is 1.19 bits per heavy atom. The lowest BCUT2D eigenvalue weighted by atomic mass is 10.2. The first-order valence-electron chi connectivity index (χ1n) is 4.80. The number of nitrogens with zero attached hydrogens (tertiary/aromatic N) is 1. The van der Waals surface area contributed by atoms with Gasteiger partial charge in [0.1, 0.15) is 0 Å². The lowest BCUT2D eigenvalue weighted by molar-refractivity contribution is 0.627. The minimum Gasteiger partial charge on any atom is -0.399 e. The van der Waals surface area contributed by atoms with Crippen LogP contribution in [0, 0.1) is 0 Å². The Labute approximate surface area is 91.1 Å². The molecular weight excluding hydrogens is 206 g/mol. The zero-order valence-corrected chi connectivity index (χ0v) is 8.51. The van der Waals surface area contributed by atoms with Crippen molar-refractivity contribution in [2.45, 2.75) is 6.54 Å². The average molecular weight is 217 g/mol. The van der Waals surface area contributed by atoms with Gasteiger partial charge in [0.15, 0.2) is 0 Å². The molecule has 16 heavy (non-hydrogen) atoms. The van der Waals surface area contributed by atoms with Gasteiger partial charge in [-0.1, -0.05) is 12.1 Å². The van der Waals surface area contributed by atoms with Crippen LogP contribution in [0.5, 0.6) is 0 Å². The van der Waals surface area contributed by atoms with Crippen molar-refractivity contribution in [3.8, 4) is 0 Å². The Balaban J connectivity index is 2.37. The predicted octanol–water partition coefficient (Wildman–Crippen LogP) is 0.167. The Morgan fingerprint density at radius 3 is 2.75 bits per heavy atom. The molecule has 0 fully saturated rings. The van der Waals surface area contributed by atoms with Gasteiger partial charge in [0.05, 0.1) is 6.54 Å². The Hall–Kier alpha value is -2.30. The van der Waals surface area contributed by atoms with E-state index in [9.17, 15) is 9.59 Å². The molecule has 82 valence electrons. The number of nitrogens with one attached hydrogen (secondary N) is 1. The van der Waals surface area contributed by atoms with Gasteiger partial charge in [0.2, 0.25) is 0 Å². The van der Waals surface area contributed by atoms with Crippen molar-refractivity contribution in [1.82, 2.24) is 9.78 Å². The van der Waals surface area contributed by atoms with E-state index in [1.807, 2.05) is 6.07 Å². The summed E-state index contributed by atoms with van der Waals surface area (Å²) in [5.41, 5.74) is 6.56. The molecule has 2 rings (SSSR count). The van der Waals surface area contributed by atoms with Crippen LogP contribution >= 0.6 is 0 Å². The van der Waals surface area contributed by atoms with Gasteiger partial charge in [-0.2, -0.15) is 0 Å². The van der Waals surface area contributed by atoms with Gasteiger partial charge >= 0.3 is 0 Å². The fraction of sp³-hybridized carbons (Fsp3) is 0.0909. The van der Waals surface area contributed by atoms with Gasteiger partial charge in [-0.15, -0.1) is 0 Å². The molecule has 0 atom stereocenters. The van der Waals surface area contributed by atoms with Crippen LogP contribution in [0.4, 0.5) is 5.69 Å². The van der Waals surface area contributed by atoms with E-state index in [1.165, 1.54) is 16.8 Å². The summed E-state index contributed by atoms with van der Waals surface area (Å²) in [5, 5.41) is 2.45. The monoisotopic (exact) mass is 217 g/mol. The highest BCUT2D eigenvalue weighted by molar-refractivity contribution is 5.40. The zero-order chi connectivity index (χ0) is 11.5. The summed E-state index contributed by atoms with van der Waals surface area (Å²) >= 11 is 0. The van der Waals surface area contributed by atoms with Gasteiger partial charge in [0.25, 0.3) is 11.1 Å². The number of nitrogen functional groups attached to an aromatic ring is 1. The second kappa shape index (κ2) is 4.06. The first-order chi connectivity index (χ1) is 7.65. The third-order valence-electron chi connectivity index (χ3n) is 2.18. The summed E-state index contributed by atoms with van der Waals surface area (Å²) in [7, 11) is 0. The van der Waals surface area contributed by atoms with Crippen molar-refractivity contribution < 1.29 is 0 Å². The fourth-order valence-electron chi connectivity index (χ4n) is 1.45. The molecule has 0 amide bonds. The molecule has 0 radical (unpaired) electrons. The van der Waals surface area contributed by atoms with Gasteiger partial charge < -0.3 is 5.73 Å². The number of hydrogen-bond donors (Lipinski definition) is 2. The number of nitrogens with two attached hydrogens (primary N) is 1. The highest BCUT2D eigenvalue weighted by Gasteiger charge is 1.98. The predicted molar refractivity (Wildman–Crippen MR) is 61.3 cm³/mol. The Kier molecular flexibility index (Phi) is 2.59. The molecule has 3 N–H and O–H groups in total. The van der Waals surface area contributed by atoms with E-state index in [4.69, 9.17) is 5.73 Å². The van der Waals surface area contributed by atoms with E-state index in [-0.39, 0.29) is 11.1 Å². The summed E-state index contributed by atoms with van der Waals surface area (Å²) in [5.74, 6) is 0. The first-order valence-corrected chi connectivity index (χ1v) is 4.80. The molecule has 0 aliphatic rings. The molecule has 0 saturated carbocycles. The normalized spacial score (nSPS) is 10.2. The molecule has 0 unspecified atom stereocenters. The van der Waals surface area contributed by atoms with Crippen LogP contribution in [0.25, 0.3) is 0 Å². The number of aromatic nitrogens is 2. The second-order valence-corrected chi connectivity index (χ2v) is 3.48. The number of aromatic amines is 1. The first kappa shape index (κ1) is 10.2. The molecular formula is C11H11N3O2. The summed E-state index contributed by atoms with van der Waals surface area (Å²) in [4.78, 5) is 22.5. The van der Waals surface area contributed by atoms with E-state index in [1.54, 1.807) is 18.2 Å². The van der Waals surface area contributed by atoms with Crippen molar-refractivity contribution in [2.24, 2.45) is 0 Å². The van der Waals surface area contributed by atoms with Crippen LogP contribution in [0.3, 0.4) is 0 Å². The lowest BCUT2D eigenvalue weighted by Crippen LogP contribution is -2.28. The van der Waals surface area contributed by atoms with Crippen LogP contribution < -0.4 is 16.9 Å². The summed E-state index contributed by atoms with van der Waals surface area (Å²) in [6.45, 7) is 0.306. The van der Waals surface area contributed by atoms with E-state index >= 15 is 0 Å². The molecule has 0 aliphatic carbocycles. The third kappa shape index (κ3) is 2.20. The lowest BCUT2D eigenvalue weighted by Gasteiger charge is -2.05. The maximum absolute atomic E-state index is 11.4. The van der Waals surface area contributed by atoms with Gasteiger partial charge in [0, 0.05) is 17.8 Å². The molecule has 1 heterocycles. The van der Waals surface area contributed by atoms with Gasteiger partial charge in [-0.25, -0.2) is 4.68 Å².